The van der Waals surface area contributed by atoms with Gasteiger partial charge in [-0.2, -0.15) is 0 Å². The van der Waals surface area contributed by atoms with E-state index in [-0.39, 0.29) is 11.8 Å². The summed E-state index contributed by atoms with van der Waals surface area (Å²) in [4.78, 5) is 23.8. The minimum atomic E-state index is 0.130. The second-order valence-corrected chi connectivity index (χ2v) is 8.12. The van der Waals surface area contributed by atoms with Crippen LogP contribution in [-0.4, -0.2) is 27.0 Å². The van der Waals surface area contributed by atoms with E-state index in [0.717, 1.165) is 54.0 Å². The molecule has 1 saturated carbocycles. The summed E-state index contributed by atoms with van der Waals surface area (Å²) in [5.41, 5.74) is 0.785. The molecule has 0 saturated heterocycles. The molecule has 4 rings (SSSR count). The van der Waals surface area contributed by atoms with Gasteiger partial charge in [-0.1, -0.05) is 41.8 Å². The molecule has 0 atom stereocenters. The van der Waals surface area contributed by atoms with Gasteiger partial charge in [0, 0.05) is 31.4 Å². The van der Waals surface area contributed by atoms with Gasteiger partial charge in [-0.25, -0.2) is 9.97 Å². The molecule has 2 heterocycles. The third-order valence-corrected chi connectivity index (χ3v) is 6.27. The van der Waals surface area contributed by atoms with Crippen molar-refractivity contribution in [1.82, 2.24) is 14.5 Å². The number of hydrogen-bond acceptors (Lipinski definition) is 4. The Labute approximate surface area is 161 Å². The fraction of sp³-hybridized carbons (Fsp3) is 0.421. The van der Waals surface area contributed by atoms with Crippen molar-refractivity contribution in [3.8, 4) is 0 Å². The number of rotatable bonds is 6. The molecule has 1 aliphatic rings. The van der Waals surface area contributed by atoms with Crippen molar-refractivity contribution in [2.45, 2.75) is 38.6 Å². The van der Waals surface area contributed by atoms with Gasteiger partial charge in [0.2, 0.25) is 5.91 Å². The van der Waals surface area contributed by atoms with Crippen molar-refractivity contribution < 1.29 is 4.79 Å². The second-order valence-electron chi connectivity index (χ2n) is 6.71. The lowest BCUT2D eigenvalue weighted by molar-refractivity contribution is -0.122. The van der Waals surface area contributed by atoms with E-state index in [4.69, 9.17) is 16.6 Å². The first-order chi connectivity index (χ1) is 12.7. The molecule has 5 nitrogen and oxygen atoms in total. The van der Waals surface area contributed by atoms with Crippen LogP contribution in [0.3, 0.4) is 0 Å². The standard InChI is InChI=1S/C19H21ClN4OS/c20-15-7-3-8-16-17(15)22-19(26-16)24(18(25)14-5-1-2-6-14)11-4-10-23-12-9-21-13-23/h3,7-9,12-14H,1-2,4-6,10-11H2. The van der Waals surface area contributed by atoms with Gasteiger partial charge in [-0.15, -0.1) is 0 Å². The molecular formula is C19H21ClN4OS. The molecule has 3 aromatic rings. The molecule has 1 aromatic carbocycles. The predicted molar refractivity (Wildman–Crippen MR) is 106 cm³/mol. The van der Waals surface area contributed by atoms with E-state index in [1.807, 2.05) is 33.9 Å². The van der Waals surface area contributed by atoms with Crippen LogP contribution in [0.5, 0.6) is 0 Å². The van der Waals surface area contributed by atoms with Crippen LogP contribution in [-0.2, 0) is 11.3 Å². The lowest BCUT2D eigenvalue weighted by Gasteiger charge is -2.23. The number of nitrogens with zero attached hydrogens (tertiary/aromatic N) is 4. The number of benzene rings is 1. The summed E-state index contributed by atoms with van der Waals surface area (Å²) < 4.78 is 3.05. The molecule has 7 heteroatoms. The second kappa shape index (κ2) is 7.76. The number of carbonyl (C=O) groups excluding carboxylic acids is 1. The first kappa shape index (κ1) is 17.5. The Kier molecular flexibility index (Phi) is 5.22. The van der Waals surface area contributed by atoms with Gasteiger partial charge < -0.3 is 4.57 Å². The van der Waals surface area contributed by atoms with Gasteiger partial charge in [0.15, 0.2) is 5.13 Å². The van der Waals surface area contributed by atoms with Gasteiger partial charge in [-0.3, -0.25) is 9.69 Å². The molecule has 0 aliphatic heterocycles. The number of fused-ring (bicyclic) bond motifs is 1. The van der Waals surface area contributed by atoms with E-state index >= 15 is 0 Å². The van der Waals surface area contributed by atoms with Crippen LogP contribution < -0.4 is 4.90 Å². The fourth-order valence-corrected chi connectivity index (χ4v) is 4.84. The molecule has 0 spiro atoms. The Hall–Kier alpha value is -1.92. The Balaban J connectivity index is 1.57. The molecule has 136 valence electrons. The van der Waals surface area contributed by atoms with Crippen LogP contribution in [0.15, 0.2) is 36.9 Å². The summed E-state index contributed by atoms with van der Waals surface area (Å²) in [6, 6.07) is 5.77. The Bertz CT molecular complexity index is 886. The van der Waals surface area contributed by atoms with Crippen LogP contribution in [0.1, 0.15) is 32.1 Å². The maximum absolute atomic E-state index is 13.1. The molecule has 1 fully saturated rings. The first-order valence-electron chi connectivity index (χ1n) is 9.04. The number of hydrogen-bond donors (Lipinski definition) is 0. The summed E-state index contributed by atoms with van der Waals surface area (Å²) in [5, 5.41) is 1.40. The van der Waals surface area contributed by atoms with Crippen LogP contribution in [0, 0.1) is 5.92 Å². The van der Waals surface area contributed by atoms with Crippen molar-refractivity contribution in [1.29, 1.82) is 0 Å². The number of anilines is 1. The lowest BCUT2D eigenvalue weighted by Crippen LogP contribution is -2.36. The van der Waals surface area contributed by atoms with Crippen LogP contribution >= 0.6 is 22.9 Å². The monoisotopic (exact) mass is 388 g/mol. The zero-order valence-electron chi connectivity index (χ0n) is 14.5. The normalized spacial score (nSPS) is 15.0. The van der Waals surface area contributed by atoms with Gasteiger partial charge in [-0.05, 0) is 31.4 Å². The zero-order chi connectivity index (χ0) is 17.9. The highest BCUT2D eigenvalue weighted by atomic mass is 35.5. The van der Waals surface area contributed by atoms with E-state index in [1.54, 1.807) is 23.9 Å². The van der Waals surface area contributed by atoms with Gasteiger partial charge in [0.1, 0.15) is 5.52 Å². The Morgan fingerprint density at radius 1 is 1.35 bits per heavy atom. The highest BCUT2D eigenvalue weighted by Gasteiger charge is 2.29. The van der Waals surface area contributed by atoms with Crippen molar-refractivity contribution >= 4 is 44.2 Å². The average Bonchev–Trinajstić information content (AvgIpc) is 3.39. The Morgan fingerprint density at radius 3 is 2.92 bits per heavy atom. The van der Waals surface area contributed by atoms with Crippen molar-refractivity contribution in [2.75, 3.05) is 11.4 Å². The van der Waals surface area contributed by atoms with Crippen LogP contribution in [0.25, 0.3) is 10.2 Å². The molecule has 2 aromatic heterocycles. The molecule has 0 unspecified atom stereocenters. The topological polar surface area (TPSA) is 51.0 Å². The predicted octanol–water partition coefficient (Wildman–Crippen LogP) is 4.76. The van der Waals surface area contributed by atoms with Crippen molar-refractivity contribution in [2.24, 2.45) is 5.92 Å². The summed E-state index contributed by atoms with van der Waals surface area (Å²) in [5.74, 6) is 0.342. The number of aryl methyl sites for hydroxylation is 1. The van der Waals surface area contributed by atoms with Gasteiger partial charge >= 0.3 is 0 Å². The number of halogens is 1. The smallest absolute Gasteiger partial charge is 0.231 e. The van der Waals surface area contributed by atoms with E-state index in [9.17, 15) is 4.79 Å². The maximum Gasteiger partial charge on any atom is 0.231 e. The average molecular weight is 389 g/mol. The largest absolute Gasteiger partial charge is 0.337 e. The Morgan fingerprint density at radius 2 is 2.19 bits per heavy atom. The first-order valence-corrected chi connectivity index (χ1v) is 10.2. The molecule has 26 heavy (non-hydrogen) atoms. The number of imidazole rings is 1. The molecule has 0 radical (unpaired) electrons. The minimum absolute atomic E-state index is 0.130. The van der Waals surface area contributed by atoms with E-state index in [0.29, 0.717) is 11.6 Å². The summed E-state index contributed by atoms with van der Waals surface area (Å²) in [6.45, 7) is 1.49. The van der Waals surface area contributed by atoms with Crippen LogP contribution in [0.2, 0.25) is 5.02 Å². The zero-order valence-corrected chi connectivity index (χ0v) is 16.0. The fourth-order valence-electron chi connectivity index (χ4n) is 3.54. The molecular weight excluding hydrogens is 368 g/mol. The number of thiazole rings is 1. The highest BCUT2D eigenvalue weighted by Crippen LogP contribution is 2.35. The number of amides is 1. The van der Waals surface area contributed by atoms with Gasteiger partial charge in [0.05, 0.1) is 16.0 Å². The number of para-hydroxylation sites is 1. The van der Waals surface area contributed by atoms with E-state index in [1.165, 1.54) is 0 Å². The van der Waals surface area contributed by atoms with Crippen molar-refractivity contribution in [3.63, 3.8) is 0 Å². The van der Waals surface area contributed by atoms with E-state index < -0.39 is 0 Å². The SMILES string of the molecule is O=C(C1CCCC1)N(CCCn1ccnc1)c1nc2c(Cl)cccc2s1. The van der Waals surface area contributed by atoms with Crippen LogP contribution in [0.4, 0.5) is 5.13 Å². The molecule has 0 bridgehead atoms. The third kappa shape index (κ3) is 3.62. The van der Waals surface area contributed by atoms with Crippen molar-refractivity contribution in [3.05, 3.63) is 41.9 Å². The number of aromatic nitrogens is 3. The highest BCUT2D eigenvalue weighted by molar-refractivity contribution is 7.22. The molecule has 0 N–H and O–H groups in total. The lowest BCUT2D eigenvalue weighted by atomic mass is 10.1. The molecule has 1 aliphatic carbocycles. The molecule has 1 amide bonds. The van der Waals surface area contributed by atoms with E-state index in [2.05, 4.69) is 4.98 Å². The minimum Gasteiger partial charge on any atom is -0.337 e. The quantitative estimate of drug-likeness (QED) is 0.611. The summed E-state index contributed by atoms with van der Waals surface area (Å²) in [7, 11) is 0. The number of carbonyl (C=O) groups is 1. The summed E-state index contributed by atoms with van der Waals surface area (Å²) >= 11 is 7.83. The van der Waals surface area contributed by atoms with Gasteiger partial charge in [0.25, 0.3) is 0 Å². The summed E-state index contributed by atoms with van der Waals surface area (Å²) in [6.07, 6.45) is 10.7. The maximum atomic E-state index is 13.1. The third-order valence-electron chi connectivity index (χ3n) is 4.92.